The third-order valence-electron chi connectivity index (χ3n) is 2.07. The number of benzene rings is 1. The molecule has 0 radical (unpaired) electrons. The summed E-state index contributed by atoms with van der Waals surface area (Å²) in [5.41, 5.74) is 1.03. The number of halogens is 1. The van der Waals surface area contributed by atoms with Gasteiger partial charge in [0, 0.05) is 6.61 Å². The molecule has 0 saturated heterocycles. The second kappa shape index (κ2) is 6.55. The summed E-state index contributed by atoms with van der Waals surface area (Å²) in [5.74, 6) is -0.195. The Morgan fingerprint density at radius 2 is 1.86 bits per heavy atom. The van der Waals surface area contributed by atoms with E-state index in [-0.39, 0.29) is 5.82 Å². The summed E-state index contributed by atoms with van der Waals surface area (Å²) >= 11 is 0. The fraction of sp³-hybridized carbons (Fsp3) is 0.500. The molecule has 0 saturated carbocycles. The normalized spacial score (nSPS) is 10.4. The molecule has 0 unspecified atom stereocenters. The maximum atomic E-state index is 12.5. The van der Waals surface area contributed by atoms with E-state index in [1.807, 2.05) is 0 Å². The minimum Gasteiger partial charge on any atom is -0.377 e. The zero-order valence-electron chi connectivity index (χ0n) is 8.63. The molecule has 1 rings (SSSR count). The Morgan fingerprint density at radius 1 is 1.14 bits per heavy atom. The molecule has 1 aromatic rings. The fourth-order valence-corrected chi connectivity index (χ4v) is 1.22. The molecule has 0 heterocycles. The monoisotopic (exact) mass is 196 g/mol. The zero-order valence-corrected chi connectivity index (χ0v) is 8.63. The highest BCUT2D eigenvalue weighted by Gasteiger charge is 1.93. The van der Waals surface area contributed by atoms with E-state index >= 15 is 0 Å². The lowest BCUT2D eigenvalue weighted by atomic mass is 10.2. The summed E-state index contributed by atoms with van der Waals surface area (Å²) in [7, 11) is 0. The third-order valence-corrected chi connectivity index (χ3v) is 2.07. The topological polar surface area (TPSA) is 9.23 Å². The summed E-state index contributed by atoms with van der Waals surface area (Å²) in [6.07, 6.45) is 3.53. The predicted octanol–water partition coefficient (Wildman–Crippen LogP) is 3.53. The Kier molecular flexibility index (Phi) is 5.23. The van der Waals surface area contributed by atoms with Gasteiger partial charge >= 0.3 is 0 Å². The van der Waals surface area contributed by atoms with Crippen molar-refractivity contribution >= 4 is 0 Å². The first-order valence-electron chi connectivity index (χ1n) is 5.15. The second-order valence-corrected chi connectivity index (χ2v) is 3.39. The number of unbranched alkanes of at least 4 members (excludes halogenated alkanes) is 2. The van der Waals surface area contributed by atoms with Gasteiger partial charge in [-0.25, -0.2) is 4.39 Å². The summed E-state index contributed by atoms with van der Waals surface area (Å²) < 4.78 is 18.0. The van der Waals surface area contributed by atoms with Crippen LogP contribution >= 0.6 is 0 Å². The van der Waals surface area contributed by atoms with Crippen LogP contribution in [-0.2, 0) is 11.3 Å². The molecule has 0 fully saturated rings. The van der Waals surface area contributed by atoms with Crippen LogP contribution < -0.4 is 0 Å². The quantitative estimate of drug-likeness (QED) is 0.632. The molecule has 1 aromatic carbocycles. The number of hydrogen-bond acceptors (Lipinski definition) is 1. The Balaban J connectivity index is 2.15. The molecule has 0 spiro atoms. The van der Waals surface area contributed by atoms with Crippen molar-refractivity contribution < 1.29 is 9.13 Å². The molecule has 14 heavy (non-hydrogen) atoms. The van der Waals surface area contributed by atoms with Gasteiger partial charge in [-0.1, -0.05) is 31.9 Å². The van der Waals surface area contributed by atoms with Crippen molar-refractivity contribution in [2.75, 3.05) is 6.61 Å². The van der Waals surface area contributed by atoms with Crippen LogP contribution in [0.15, 0.2) is 24.3 Å². The molecular weight excluding hydrogens is 179 g/mol. The van der Waals surface area contributed by atoms with Gasteiger partial charge in [-0.2, -0.15) is 0 Å². The van der Waals surface area contributed by atoms with Crippen molar-refractivity contribution in [3.05, 3.63) is 35.6 Å². The van der Waals surface area contributed by atoms with Crippen LogP contribution in [0.3, 0.4) is 0 Å². The highest BCUT2D eigenvalue weighted by molar-refractivity contribution is 5.14. The first-order valence-corrected chi connectivity index (χ1v) is 5.15. The molecule has 0 atom stereocenters. The number of hydrogen-bond donors (Lipinski definition) is 0. The minimum atomic E-state index is -0.195. The average Bonchev–Trinajstić information content (AvgIpc) is 2.21. The van der Waals surface area contributed by atoms with E-state index in [9.17, 15) is 4.39 Å². The Hall–Kier alpha value is -0.890. The molecule has 0 N–H and O–H groups in total. The van der Waals surface area contributed by atoms with E-state index in [0.717, 1.165) is 18.6 Å². The van der Waals surface area contributed by atoms with Crippen molar-refractivity contribution in [1.82, 2.24) is 0 Å². The molecule has 0 bridgehead atoms. The van der Waals surface area contributed by atoms with Gasteiger partial charge in [0.25, 0.3) is 0 Å². The number of rotatable bonds is 6. The highest BCUT2D eigenvalue weighted by Crippen LogP contribution is 2.04. The Bertz CT molecular complexity index is 243. The molecule has 0 aliphatic heterocycles. The Morgan fingerprint density at radius 3 is 2.50 bits per heavy atom. The van der Waals surface area contributed by atoms with E-state index in [0.29, 0.717) is 6.61 Å². The first-order chi connectivity index (χ1) is 6.83. The van der Waals surface area contributed by atoms with Gasteiger partial charge in [0.2, 0.25) is 0 Å². The van der Waals surface area contributed by atoms with Gasteiger partial charge in [-0.05, 0) is 24.1 Å². The Labute approximate surface area is 84.9 Å². The van der Waals surface area contributed by atoms with Crippen LogP contribution in [-0.4, -0.2) is 6.61 Å². The van der Waals surface area contributed by atoms with Crippen molar-refractivity contribution in [1.29, 1.82) is 0 Å². The van der Waals surface area contributed by atoms with Crippen LogP contribution in [0.2, 0.25) is 0 Å². The lowest BCUT2D eigenvalue weighted by Gasteiger charge is -2.03. The van der Waals surface area contributed by atoms with Gasteiger partial charge in [0.05, 0.1) is 6.61 Å². The number of ether oxygens (including phenoxy) is 1. The van der Waals surface area contributed by atoms with Gasteiger partial charge in [-0.3, -0.25) is 0 Å². The van der Waals surface area contributed by atoms with Gasteiger partial charge < -0.3 is 4.74 Å². The lowest BCUT2D eigenvalue weighted by Crippen LogP contribution is -1.95. The predicted molar refractivity (Wildman–Crippen MR) is 55.6 cm³/mol. The van der Waals surface area contributed by atoms with Crippen molar-refractivity contribution in [3.63, 3.8) is 0 Å². The molecule has 0 aliphatic rings. The van der Waals surface area contributed by atoms with E-state index in [1.54, 1.807) is 12.1 Å². The van der Waals surface area contributed by atoms with E-state index in [2.05, 4.69) is 6.92 Å². The van der Waals surface area contributed by atoms with E-state index in [4.69, 9.17) is 4.74 Å². The molecule has 78 valence electrons. The SMILES string of the molecule is CCCCCOCc1ccc(F)cc1. The molecule has 0 aromatic heterocycles. The maximum Gasteiger partial charge on any atom is 0.123 e. The smallest absolute Gasteiger partial charge is 0.123 e. The fourth-order valence-electron chi connectivity index (χ4n) is 1.22. The minimum absolute atomic E-state index is 0.195. The van der Waals surface area contributed by atoms with Crippen LogP contribution in [0.1, 0.15) is 31.7 Å². The molecule has 1 nitrogen and oxygen atoms in total. The van der Waals surface area contributed by atoms with Gasteiger partial charge in [-0.15, -0.1) is 0 Å². The van der Waals surface area contributed by atoms with Gasteiger partial charge in [0.15, 0.2) is 0 Å². The maximum absolute atomic E-state index is 12.5. The molecule has 0 amide bonds. The lowest BCUT2D eigenvalue weighted by molar-refractivity contribution is 0.117. The van der Waals surface area contributed by atoms with E-state index < -0.39 is 0 Å². The molecule has 0 aliphatic carbocycles. The largest absolute Gasteiger partial charge is 0.377 e. The summed E-state index contributed by atoms with van der Waals surface area (Å²) in [6.45, 7) is 3.55. The molecular formula is C12H17FO. The van der Waals surface area contributed by atoms with Crippen LogP contribution in [0.4, 0.5) is 4.39 Å². The van der Waals surface area contributed by atoms with Crippen molar-refractivity contribution in [2.45, 2.75) is 32.8 Å². The molecule has 2 heteroatoms. The van der Waals surface area contributed by atoms with E-state index in [1.165, 1.54) is 25.0 Å². The standard InChI is InChI=1S/C12H17FO/c1-2-3-4-9-14-10-11-5-7-12(13)8-6-11/h5-8H,2-4,9-10H2,1H3. The zero-order chi connectivity index (χ0) is 10.2. The van der Waals surface area contributed by atoms with Gasteiger partial charge in [0.1, 0.15) is 5.82 Å². The second-order valence-electron chi connectivity index (χ2n) is 3.39. The summed E-state index contributed by atoms with van der Waals surface area (Å²) in [4.78, 5) is 0. The van der Waals surface area contributed by atoms with Crippen molar-refractivity contribution in [3.8, 4) is 0 Å². The third kappa shape index (κ3) is 4.38. The van der Waals surface area contributed by atoms with Crippen LogP contribution in [0.5, 0.6) is 0 Å². The first kappa shape index (κ1) is 11.2. The summed E-state index contributed by atoms with van der Waals surface area (Å²) in [5, 5.41) is 0. The summed E-state index contributed by atoms with van der Waals surface area (Å²) in [6, 6.07) is 6.44. The van der Waals surface area contributed by atoms with Crippen LogP contribution in [0.25, 0.3) is 0 Å². The average molecular weight is 196 g/mol. The van der Waals surface area contributed by atoms with Crippen molar-refractivity contribution in [2.24, 2.45) is 0 Å². The van der Waals surface area contributed by atoms with Crippen LogP contribution in [0, 0.1) is 5.82 Å². The highest BCUT2D eigenvalue weighted by atomic mass is 19.1.